The maximum absolute atomic E-state index is 13.7. The summed E-state index contributed by atoms with van der Waals surface area (Å²) in [5.41, 5.74) is 3.88. The van der Waals surface area contributed by atoms with E-state index in [-0.39, 0.29) is 18.5 Å². The average Bonchev–Trinajstić information content (AvgIpc) is 3.33. The first kappa shape index (κ1) is 27.4. The average molecular weight is 519 g/mol. The van der Waals surface area contributed by atoms with Crippen LogP contribution < -0.4 is 5.32 Å². The van der Waals surface area contributed by atoms with Crippen molar-refractivity contribution < 1.29 is 18.7 Å². The van der Waals surface area contributed by atoms with Crippen LogP contribution in [0.25, 0.3) is 0 Å². The van der Waals surface area contributed by atoms with E-state index in [0.29, 0.717) is 45.2 Å². The van der Waals surface area contributed by atoms with E-state index in [0.717, 1.165) is 41.2 Å². The number of carbonyl (C=O) groups is 2. The van der Waals surface area contributed by atoms with E-state index >= 15 is 0 Å². The van der Waals surface area contributed by atoms with E-state index in [9.17, 15) is 9.59 Å². The highest BCUT2D eigenvalue weighted by atomic mass is 16.5. The molecule has 0 spiro atoms. The number of rotatable bonds is 10. The monoisotopic (exact) mass is 518 g/mol. The standard InChI is InChI=1S/C30H38N4O4/c1-23-9-12-28(24(2)19-23)31-30(36)33(14-13-32-15-17-37-18-16-32)22-29(35)34(20-26-7-5-4-6-8-26)21-27-11-10-25(3)38-27/h4-12,19H,13-18,20-22H2,1-3H3,(H,31,36). The molecule has 0 radical (unpaired) electrons. The second-order valence-electron chi connectivity index (χ2n) is 9.87. The van der Waals surface area contributed by atoms with Crippen molar-refractivity contribution in [3.63, 3.8) is 0 Å². The molecular formula is C30H38N4O4. The zero-order chi connectivity index (χ0) is 26.9. The van der Waals surface area contributed by atoms with Crippen LogP contribution in [-0.2, 0) is 22.6 Å². The lowest BCUT2D eigenvalue weighted by atomic mass is 10.1. The number of furan rings is 1. The number of nitrogens with one attached hydrogen (secondary N) is 1. The third kappa shape index (κ3) is 7.94. The molecule has 202 valence electrons. The smallest absolute Gasteiger partial charge is 0.322 e. The second kappa shape index (κ2) is 13.3. The molecule has 1 saturated heterocycles. The van der Waals surface area contributed by atoms with Crippen molar-refractivity contribution in [2.75, 3.05) is 51.3 Å². The summed E-state index contributed by atoms with van der Waals surface area (Å²) in [5.74, 6) is 1.37. The van der Waals surface area contributed by atoms with Crippen LogP contribution in [0.2, 0.25) is 0 Å². The summed E-state index contributed by atoms with van der Waals surface area (Å²) in [6, 6.07) is 19.3. The number of benzene rings is 2. The van der Waals surface area contributed by atoms with Gasteiger partial charge < -0.3 is 24.3 Å². The van der Waals surface area contributed by atoms with Crippen LogP contribution >= 0.6 is 0 Å². The minimum atomic E-state index is -0.285. The van der Waals surface area contributed by atoms with Crippen molar-refractivity contribution in [2.45, 2.75) is 33.9 Å². The lowest BCUT2D eigenvalue weighted by molar-refractivity contribution is -0.133. The fourth-order valence-corrected chi connectivity index (χ4v) is 4.54. The molecule has 0 bridgehead atoms. The maximum atomic E-state index is 13.7. The number of morpholine rings is 1. The van der Waals surface area contributed by atoms with Crippen LogP contribution in [-0.4, -0.2) is 72.6 Å². The van der Waals surface area contributed by atoms with Crippen molar-refractivity contribution in [3.05, 3.63) is 88.9 Å². The molecule has 0 unspecified atom stereocenters. The van der Waals surface area contributed by atoms with Crippen LogP contribution in [0.15, 0.2) is 65.1 Å². The Morgan fingerprint density at radius 2 is 1.68 bits per heavy atom. The minimum Gasteiger partial charge on any atom is -0.464 e. The van der Waals surface area contributed by atoms with E-state index < -0.39 is 0 Å². The molecule has 1 aliphatic heterocycles. The van der Waals surface area contributed by atoms with Gasteiger partial charge in [0.1, 0.15) is 18.1 Å². The van der Waals surface area contributed by atoms with Crippen LogP contribution in [0.1, 0.15) is 28.2 Å². The van der Waals surface area contributed by atoms with Gasteiger partial charge in [0.25, 0.3) is 0 Å². The predicted octanol–water partition coefficient (Wildman–Crippen LogP) is 4.60. The van der Waals surface area contributed by atoms with Crippen LogP contribution in [0, 0.1) is 20.8 Å². The molecule has 1 aliphatic rings. The summed E-state index contributed by atoms with van der Waals surface area (Å²) in [7, 11) is 0. The van der Waals surface area contributed by atoms with E-state index in [4.69, 9.17) is 9.15 Å². The molecule has 1 aromatic heterocycles. The molecular weight excluding hydrogens is 480 g/mol. The Morgan fingerprint density at radius 1 is 0.921 bits per heavy atom. The summed E-state index contributed by atoms with van der Waals surface area (Å²) in [6.45, 7) is 10.7. The van der Waals surface area contributed by atoms with Crippen LogP contribution in [0.5, 0.6) is 0 Å². The third-order valence-electron chi connectivity index (χ3n) is 6.74. The van der Waals surface area contributed by atoms with E-state index in [1.54, 1.807) is 9.80 Å². The number of ether oxygens (including phenoxy) is 1. The van der Waals surface area contributed by atoms with Gasteiger partial charge in [0.05, 0.1) is 19.8 Å². The first-order chi connectivity index (χ1) is 18.4. The van der Waals surface area contributed by atoms with Gasteiger partial charge in [-0.15, -0.1) is 0 Å². The van der Waals surface area contributed by atoms with Crippen molar-refractivity contribution in [1.82, 2.24) is 14.7 Å². The van der Waals surface area contributed by atoms with Crippen molar-refractivity contribution >= 4 is 17.6 Å². The number of amides is 3. The zero-order valence-electron chi connectivity index (χ0n) is 22.6. The zero-order valence-corrected chi connectivity index (χ0v) is 22.6. The highest BCUT2D eigenvalue weighted by molar-refractivity contribution is 5.93. The summed E-state index contributed by atoms with van der Waals surface area (Å²) in [4.78, 5) is 32.8. The van der Waals surface area contributed by atoms with Gasteiger partial charge in [-0.25, -0.2) is 4.79 Å². The van der Waals surface area contributed by atoms with Gasteiger partial charge in [-0.2, -0.15) is 0 Å². The molecule has 8 nitrogen and oxygen atoms in total. The second-order valence-corrected chi connectivity index (χ2v) is 9.87. The molecule has 4 rings (SSSR count). The molecule has 1 N–H and O–H groups in total. The highest BCUT2D eigenvalue weighted by Gasteiger charge is 2.24. The fourth-order valence-electron chi connectivity index (χ4n) is 4.54. The Labute approximate surface area is 225 Å². The Balaban J connectivity index is 1.51. The van der Waals surface area contributed by atoms with Gasteiger partial charge in [-0.1, -0.05) is 48.0 Å². The molecule has 1 fully saturated rings. The predicted molar refractivity (Wildman–Crippen MR) is 148 cm³/mol. The number of anilines is 1. The first-order valence-electron chi connectivity index (χ1n) is 13.2. The highest BCUT2D eigenvalue weighted by Crippen LogP contribution is 2.18. The quantitative estimate of drug-likeness (QED) is 0.425. The minimum absolute atomic E-state index is 0.0341. The summed E-state index contributed by atoms with van der Waals surface area (Å²) in [6.07, 6.45) is 0. The van der Waals surface area contributed by atoms with Crippen LogP contribution in [0.3, 0.4) is 0 Å². The van der Waals surface area contributed by atoms with Gasteiger partial charge in [0, 0.05) is 38.4 Å². The first-order valence-corrected chi connectivity index (χ1v) is 13.2. The van der Waals surface area contributed by atoms with Crippen molar-refractivity contribution in [1.29, 1.82) is 0 Å². The van der Waals surface area contributed by atoms with Gasteiger partial charge in [0.2, 0.25) is 5.91 Å². The Kier molecular flexibility index (Phi) is 9.56. The lowest BCUT2D eigenvalue weighted by Crippen LogP contribution is -2.48. The summed E-state index contributed by atoms with van der Waals surface area (Å²) in [5, 5.41) is 3.03. The molecule has 0 aliphatic carbocycles. The topological polar surface area (TPSA) is 78.3 Å². The van der Waals surface area contributed by atoms with E-state index in [2.05, 4.69) is 10.2 Å². The molecule has 0 atom stereocenters. The van der Waals surface area contributed by atoms with Crippen molar-refractivity contribution in [3.8, 4) is 0 Å². The van der Waals surface area contributed by atoms with Gasteiger partial charge in [-0.3, -0.25) is 9.69 Å². The molecule has 3 aromatic rings. The number of urea groups is 1. The van der Waals surface area contributed by atoms with Crippen LogP contribution in [0.4, 0.5) is 10.5 Å². The number of hydrogen-bond acceptors (Lipinski definition) is 5. The van der Waals surface area contributed by atoms with Crippen molar-refractivity contribution in [2.24, 2.45) is 0 Å². The lowest BCUT2D eigenvalue weighted by Gasteiger charge is -2.31. The number of aryl methyl sites for hydroxylation is 3. The molecule has 2 heterocycles. The Morgan fingerprint density at radius 3 is 2.37 bits per heavy atom. The normalized spacial score (nSPS) is 13.8. The summed E-state index contributed by atoms with van der Waals surface area (Å²) >= 11 is 0. The third-order valence-corrected chi connectivity index (χ3v) is 6.74. The Hall–Kier alpha value is -3.62. The molecule has 3 amide bonds. The number of carbonyl (C=O) groups excluding carboxylic acids is 2. The van der Waals surface area contributed by atoms with Gasteiger partial charge >= 0.3 is 6.03 Å². The number of nitrogens with zero attached hydrogens (tertiary/aromatic N) is 3. The van der Waals surface area contributed by atoms with Gasteiger partial charge in [-0.05, 0) is 50.1 Å². The van der Waals surface area contributed by atoms with Gasteiger partial charge in [0.15, 0.2) is 0 Å². The van der Waals surface area contributed by atoms with E-state index in [1.165, 1.54) is 0 Å². The Bertz CT molecular complexity index is 1200. The number of hydrogen-bond donors (Lipinski definition) is 1. The SMILES string of the molecule is Cc1ccc(NC(=O)N(CCN2CCOCC2)CC(=O)N(Cc2ccccc2)Cc2ccc(C)o2)c(C)c1. The summed E-state index contributed by atoms with van der Waals surface area (Å²) < 4.78 is 11.2. The molecule has 38 heavy (non-hydrogen) atoms. The molecule has 0 saturated carbocycles. The maximum Gasteiger partial charge on any atom is 0.322 e. The molecule has 2 aromatic carbocycles. The fraction of sp³-hybridized carbons (Fsp3) is 0.400. The molecule has 8 heteroatoms. The largest absolute Gasteiger partial charge is 0.464 e. The van der Waals surface area contributed by atoms with E-state index in [1.807, 2.05) is 81.4 Å².